The molecule has 1 aliphatic rings. The topological polar surface area (TPSA) is 99.4 Å². The summed E-state index contributed by atoms with van der Waals surface area (Å²) in [5.41, 5.74) is -0.882. The first-order valence-electron chi connectivity index (χ1n) is 6.47. The number of hydrogen-bond acceptors (Lipinski definition) is 6. The number of hydrogen-bond donors (Lipinski definition) is 4. The maximum atomic E-state index is 10.2. The third-order valence-corrected chi connectivity index (χ3v) is 3.50. The van der Waals surface area contributed by atoms with Gasteiger partial charge >= 0.3 is 0 Å². The van der Waals surface area contributed by atoms with Crippen molar-refractivity contribution < 1.29 is 29.9 Å². The molecular weight excluding hydrogens is 264 g/mol. The molecule has 0 bridgehead atoms. The summed E-state index contributed by atoms with van der Waals surface area (Å²) in [6.07, 6.45) is -4.97. The van der Waals surface area contributed by atoms with Crippen LogP contribution in [-0.4, -0.2) is 57.2 Å². The molecular formula is C14H20O6. The molecule has 0 unspecified atom stereocenters. The van der Waals surface area contributed by atoms with Crippen molar-refractivity contribution in [3.63, 3.8) is 0 Å². The van der Waals surface area contributed by atoms with Gasteiger partial charge in [-0.3, -0.25) is 0 Å². The van der Waals surface area contributed by atoms with Gasteiger partial charge in [-0.05, 0) is 12.5 Å². The Balaban J connectivity index is 2.05. The van der Waals surface area contributed by atoms with Crippen molar-refractivity contribution in [2.45, 2.75) is 43.7 Å². The standard InChI is InChI=1S/C14H20O6/c1-14(18)12(17)11(16)10(7-15)20-13(14)19-8-9-5-3-2-4-6-9/h2-6,10-13,15-18H,7-8H2,1H3/t10-,11-,12+,13+,14+/m1/s1. The number of ether oxygens (including phenoxy) is 2. The van der Waals surface area contributed by atoms with Gasteiger partial charge < -0.3 is 29.9 Å². The molecule has 0 spiro atoms. The minimum absolute atomic E-state index is 0.183. The average molecular weight is 284 g/mol. The molecule has 20 heavy (non-hydrogen) atoms. The molecule has 1 aromatic rings. The number of rotatable bonds is 4. The molecule has 1 heterocycles. The Labute approximate surface area is 117 Å². The van der Waals surface area contributed by atoms with E-state index in [4.69, 9.17) is 14.6 Å². The minimum Gasteiger partial charge on any atom is -0.394 e. The lowest BCUT2D eigenvalue weighted by molar-refractivity contribution is -0.338. The van der Waals surface area contributed by atoms with Crippen LogP contribution in [0.2, 0.25) is 0 Å². The van der Waals surface area contributed by atoms with Crippen LogP contribution in [0.1, 0.15) is 12.5 Å². The Morgan fingerprint density at radius 2 is 1.90 bits per heavy atom. The lowest BCUT2D eigenvalue weighted by Crippen LogP contribution is -2.65. The highest BCUT2D eigenvalue weighted by Crippen LogP contribution is 2.30. The van der Waals surface area contributed by atoms with Gasteiger partial charge in [0.05, 0.1) is 13.2 Å². The van der Waals surface area contributed by atoms with Gasteiger partial charge in [0, 0.05) is 0 Å². The summed E-state index contributed by atoms with van der Waals surface area (Å²) in [4.78, 5) is 0. The zero-order chi connectivity index (χ0) is 14.8. The summed E-state index contributed by atoms with van der Waals surface area (Å²) < 4.78 is 10.8. The van der Waals surface area contributed by atoms with E-state index in [2.05, 4.69) is 0 Å². The quantitative estimate of drug-likeness (QED) is 0.589. The normalized spacial score (nSPS) is 37.9. The smallest absolute Gasteiger partial charge is 0.189 e. The molecule has 6 heteroatoms. The SMILES string of the molecule is C[C@@]1(O)[C@@H](OCc2ccccc2)O[C@H](CO)[C@@H](O)[C@@H]1O. The predicted molar refractivity (Wildman–Crippen MR) is 69.6 cm³/mol. The van der Waals surface area contributed by atoms with E-state index in [1.807, 2.05) is 30.3 Å². The fourth-order valence-corrected chi connectivity index (χ4v) is 2.17. The van der Waals surface area contributed by atoms with Crippen LogP contribution in [0.4, 0.5) is 0 Å². The van der Waals surface area contributed by atoms with Crippen molar-refractivity contribution in [3.05, 3.63) is 35.9 Å². The molecule has 2 rings (SSSR count). The van der Waals surface area contributed by atoms with Gasteiger partial charge in [-0.15, -0.1) is 0 Å². The monoisotopic (exact) mass is 284 g/mol. The van der Waals surface area contributed by atoms with Gasteiger partial charge in [-0.1, -0.05) is 30.3 Å². The van der Waals surface area contributed by atoms with Crippen LogP contribution in [0, 0.1) is 0 Å². The molecule has 0 amide bonds. The van der Waals surface area contributed by atoms with Crippen LogP contribution in [0.3, 0.4) is 0 Å². The Morgan fingerprint density at radius 1 is 1.25 bits per heavy atom. The highest BCUT2D eigenvalue weighted by molar-refractivity contribution is 5.13. The summed E-state index contributed by atoms with van der Waals surface area (Å²) in [6, 6.07) is 9.29. The van der Waals surface area contributed by atoms with Crippen molar-refractivity contribution >= 4 is 0 Å². The van der Waals surface area contributed by atoms with Crippen molar-refractivity contribution in [2.24, 2.45) is 0 Å². The fourth-order valence-electron chi connectivity index (χ4n) is 2.17. The Bertz CT molecular complexity index is 421. The third kappa shape index (κ3) is 3.01. The first-order chi connectivity index (χ1) is 9.46. The number of benzene rings is 1. The number of aliphatic hydroxyl groups is 4. The van der Waals surface area contributed by atoms with Crippen LogP contribution < -0.4 is 0 Å². The molecule has 0 saturated carbocycles. The fraction of sp³-hybridized carbons (Fsp3) is 0.571. The van der Waals surface area contributed by atoms with Gasteiger partial charge in [0.25, 0.3) is 0 Å². The zero-order valence-corrected chi connectivity index (χ0v) is 11.2. The van der Waals surface area contributed by atoms with Gasteiger partial charge in [0.1, 0.15) is 23.9 Å². The largest absolute Gasteiger partial charge is 0.394 e. The van der Waals surface area contributed by atoms with Gasteiger partial charge in [0.2, 0.25) is 0 Å². The van der Waals surface area contributed by atoms with Crippen molar-refractivity contribution in [2.75, 3.05) is 6.61 Å². The van der Waals surface area contributed by atoms with Crippen molar-refractivity contribution in [1.82, 2.24) is 0 Å². The molecule has 0 radical (unpaired) electrons. The molecule has 4 N–H and O–H groups in total. The second-order valence-electron chi connectivity index (χ2n) is 5.15. The summed E-state index contributed by atoms with van der Waals surface area (Å²) >= 11 is 0. The summed E-state index contributed by atoms with van der Waals surface area (Å²) in [6.45, 7) is 1.03. The van der Waals surface area contributed by atoms with E-state index in [1.54, 1.807) is 0 Å². The minimum atomic E-state index is -1.76. The van der Waals surface area contributed by atoms with E-state index in [-0.39, 0.29) is 6.61 Å². The Kier molecular flexibility index (Phi) is 4.74. The molecule has 6 nitrogen and oxygen atoms in total. The predicted octanol–water partition coefficient (Wildman–Crippen LogP) is -0.607. The molecule has 0 aliphatic carbocycles. The van der Waals surface area contributed by atoms with Crippen molar-refractivity contribution in [1.29, 1.82) is 0 Å². The second kappa shape index (κ2) is 6.17. The van der Waals surface area contributed by atoms with Crippen LogP contribution >= 0.6 is 0 Å². The molecule has 1 aliphatic heterocycles. The average Bonchev–Trinajstić information content (AvgIpc) is 2.45. The van der Waals surface area contributed by atoms with Crippen LogP contribution in [0.25, 0.3) is 0 Å². The van der Waals surface area contributed by atoms with Crippen LogP contribution in [0.15, 0.2) is 30.3 Å². The zero-order valence-electron chi connectivity index (χ0n) is 11.2. The summed E-state index contributed by atoms with van der Waals surface area (Å²) in [7, 11) is 0. The van der Waals surface area contributed by atoms with Gasteiger partial charge in [-0.25, -0.2) is 0 Å². The first-order valence-corrected chi connectivity index (χ1v) is 6.47. The van der Waals surface area contributed by atoms with E-state index in [0.717, 1.165) is 5.56 Å². The third-order valence-electron chi connectivity index (χ3n) is 3.50. The molecule has 5 atom stereocenters. The Hall–Kier alpha value is -1.02. The Morgan fingerprint density at radius 3 is 2.50 bits per heavy atom. The van der Waals surface area contributed by atoms with Gasteiger partial charge in [0.15, 0.2) is 6.29 Å². The van der Waals surface area contributed by atoms with Gasteiger partial charge in [-0.2, -0.15) is 0 Å². The molecule has 1 saturated heterocycles. The molecule has 112 valence electrons. The van der Waals surface area contributed by atoms with E-state index in [9.17, 15) is 15.3 Å². The maximum absolute atomic E-state index is 10.2. The molecule has 0 aromatic heterocycles. The molecule has 1 aromatic carbocycles. The first kappa shape index (κ1) is 15.4. The van der Waals surface area contributed by atoms with E-state index >= 15 is 0 Å². The lowest BCUT2D eigenvalue weighted by Gasteiger charge is -2.45. The second-order valence-corrected chi connectivity index (χ2v) is 5.15. The van der Waals surface area contributed by atoms with E-state index in [1.165, 1.54) is 6.92 Å². The van der Waals surface area contributed by atoms with Crippen molar-refractivity contribution in [3.8, 4) is 0 Å². The number of aliphatic hydroxyl groups excluding tert-OH is 3. The van der Waals surface area contributed by atoms with Crippen LogP contribution in [-0.2, 0) is 16.1 Å². The summed E-state index contributed by atoms with van der Waals surface area (Å²) in [5, 5.41) is 39.0. The molecule has 1 fully saturated rings. The van der Waals surface area contributed by atoms with E-state index < -0.39 is 36.8 Å². The summed E-state index contributed by atoms with van der Waals surface area (Å²) in [5.74, 6) is 0. The maximum Gasteiger partial charge on any atom is 0.189 e. The van der Waals surface area contributed by atoms with E-state index in [0.29, 0.717) is 0 Å². The highest BCUT2D eigenvalue weighted by Gasteiger charge is 2.52. The van der Waals surface area contributed by atoms with Crippen LogP contribution in [0.5, 0.6) is 0 Å². The highest BCUT2D eigenvalue weighted by atomic mass is 16.7. The lowest BCUT2D eigenvalue weighted by atomic mass is 9.88.